The van der Waals surface area contributed by atoms with E-state index >= 15 is 0 Å². The molecule has 0 aromatic heterocycles. The van der Waals surface area contributed by atoms with Crippen molar-refractivity contribution >= 4 is 6.03 Å². The molecule has 2 aromatic carbocycles. The molecule has 0 fully saturated rings. The van der Waals surface area contributed by atoms with Crippen LogP contribution >= 0.6 is 0 Å². The number of aryl methyl sites for hydroxylation is 1. The predicted molar refractivity (Wildman–Crippen MR) is 94.4 cm³/mol. The van der Waals surface area contributed by atoms with Crippen molar-refractivity contribution in [2.75, 3.05) is 26.3 Å². The van der Waals surface area contributed by atoms with Crippen molar-refractivity contribution < 1.29 is 19.0 Å². The van der Waals surface area contributed by atoms with Gasteiger partial charge >= 0.3 is 6.03 Å². The highest BCUT2D eigenvalue weighted by molar-refractivity contribution is 5.73. The molecule has 2 aromatic rings. The Kier molecular flexibility index (Phi) is 5.61. The van der Waals surface area contributed by atoms with Crippen LogP contribution in [0.5, 0.6) is 17.2 Å². The second kappa shape index (κ2) is 8.28. The quantitative estimate of drug-likeness (QED) is 0.792. The Morgan fingerprint density at radius 2 is 2.00 bits per heavy atom. The van der Waals surface area contributed by atoms with Gasteiger partial charge < -0.3 is 24.8 Å². The topological polar surface area (TPSA) is 68.8 Å². The standard InChI is InChI=1S/C19H22N2O4/c1-14-5-4-6-15(11-14)23-10-9-20-19(22)21-12-16-13-24-17-7-2-3-8-18(17)25-16/h2-8,11,16H,9-10,12-13H2,1H3,(H2,20,21,22). The second-order valence-corrected chi connectivity index (χ2v) is 5.80. The minimum absolute atomic E-state index is 0.204. The highest BCUT2D eigenvalue weighted by Gasteiger charge is 2.20. The van der Waals surface area contributed by atoms with Gasteiger partial charge in [0.05, 0.1) is 13.1 Å². The van der Waals surface area contributed by atoms with E-state index in [-0.39, 0.29) is 12.1 Å². The molecule has 1 aliphatic rings. The second-order valence-electron chi connectivity index (χ2n) is 5.80. The van der Waals surface area contributed by atoms with Gasteiger partial charge in [0, 0.05) is 0 Å². The number of carbonyl (C=O) groups excluding carboxylic acids is 1. The molecular formula is C19H22N2O4. The average molecular weight is 342 g/mol. The molecule has 6 heteroatoms. The van der Waals surface area contributed by atoms with Crippen LogP contribution in [0.2, 0.25) is 0 Å². The molecule has 0 bridgehead atoms. The lowest BCUT2D eigenvalue weighted by atomic mass is 10.2. The van der Waals surface area contributed by atoms with Gasteiger partial charge in [-0.3, -0.25) is 0 Å². The van der Waals surface area contributed by atoms with Gasteiger partial charge in [0.25, 0.3) is 0 Å². The fraction of sp³-hybridized carbons (Fsp3) is 0.316. The first-order chi connectivity index (χ1) is 12.2. The Hall–Kier alpha value is -2.89. The Labute approximate surface area is 147 Å². The van der Waals surface area contributed by atoms with Crippen LogP contribution in [0, 0.1) is 6.92 Å². The van der Waals surface area contributed by atoms with Crippen molar-refractivity contribution in [1.82, 2.24) is 10.6 Å². The molecule has 1 atom stereocenters. The maximum atomic E-state index is 11.8. The third-order valence-electron chi connectivity index (χ3n) is 3.70. The molecule has 0 radical (unpaired) electrons. The zero-order valence-electron chi connectivity index (χ0n) is 14.2. The van der Waals surface area contributed by atoms with Gasteiger partial charge in [0.1, 0.15) is 19.0 Å². The van der Waals surface area contributed by atoms with Gasteiger partial charge in [-0.1, -0.05) is 24.3 Å². The van der Waals surface area contributed by atoms with Crippen molar-refractivity contribution in [3.8, 4) is 17.2 Å². The van der Waals surface area contributed by atoms with Crippen LogP contribution in [0.1, 0.15) is 5.56 Å². The van der Waals surface area contributed by atoms with E-state index in [2.05, 4.69) is 10.6 Å². The lowest BCUT2D eigenvalue weighted by Gasteiger charge is -2.26. The van der Waals surface area contributed by atoms with Crippen molar-refractivity contribution in [1.29, 1.82) is 0 Å². The number of fused-ring (bicyclic) bond motifs is 1. The maximum absolute atomic E-state index is 11.8. The summed E-state index contributed by atoms with van der Waals surface area (Å²) in [7, 11) is 0. The minimum atomic E-state index is -0.254. The van der Waals surface area contributed by atoms with E-state index in [0.717, 1.165) is 17.1 Å². The molecule has 25 heavy (non-hydrogen) atoms. The number of para-hydroxylation sites is 2. The molecule has 0 spiro atoms. The Morgan fingerprint density at radius 3 is 2.84 bits per heavy atom. The summed E-state index contributed by atoms with van der Waals surface area (Å²) in [5, 5.41) is 5.54. The average Bonchev–Trinajstić information content (AvgIpc) is 2.63. The number of urea groups is 1. The first kappa shape index (κ1) is 17.0. The number of amides is 2. The van der Waals surface area contributed by atoms with Crippen LogP contribution in [0.4, 0.5) is 4.79 Å². The monoisotopic (exact) mass is 342 g/mol. The largest absolute Gasteiger partial charge is 0.492 e. The van der Waals surface area contributed by atoms with Crippen molar-refractivity contribution in [3.05, 3.63) is 54.1 Å². The molecule has 0 aliphatic carbocycles. The van der Waals surface area contributed by atoms with Gasteiger partial charge in [-0.15, -0.1) is 0 Å². The zero-order chi connectivity index (χ0) is 17.5. The molecule has 1 heterocycles. The highest BCUT2D eigenvalue weighted by Crippen LogP contribution is 2.30. The summed E-state index contributed by atoms with van der Waals surface area (Å²) in [5.74, 6) is 2.23. The number of rotatable bonds is 6. The van der Waals surface area contributed by atoms with Gasteiger partial charge in [0.15, 0.2) is 17.6 Å². The van der Waals surface area contributed by atoms with Crippen LogP contribution in [-0.4, -0.2) is 38.4 Å². The molecule has 0 saturated heterocycles. The molecule has 132 valence electrons. The molecule has 3 rings (SSSR count). The summed E-state index contributed by atoms with van der Waals surface area (Å²) >= 11 is 0. The van der Waals surface area contributed by atoms with Crippen LogP contribution in [0.25, 0.3) is 0 Å². The third-order valence-corrected chi connectivity index (χ3v) is 3.70. The van der Waals surface area contributed by atoms with E-state index in [0.29, 0.717) is 32.1 Å². The minimum Gasteiger partial charge on any atom is -0.492 e. The van der Waals surface area contributed by atoms with E-state index in [1.54, 1.807) is 0 Å². The van der Waals surface area contributed by atoms with Crippen molar-refractivity contribution in [3.63, 3.8) is 0 Å². The van der Waals surface area contributed by atoms with E-state index in [4.69, 9.17) is 14.2 Å². The fourth-order valence-electron chi connectivity index (χ4n) is 2.47. The van der Waals surface area contributed by atoms with Gasteiger partial charge in [-0.25, -0.2) is 4.79 Å². The first-order valence-electron chi connectivity index (χ1n) is 8.30. The van der Waals surface area contributed by atoms with Crippen LogP contribution in [0.15, 0.2) is 48.5 Å². The third kappa shape index (κ3) is 5.04. The zero-order valence-corrected chi connectivity index (χ0v) is 14.2. The Balaban J connectivity index is 1.32. The lowest BCUT2D eigenvalue weighted by molar-refractivity contribution is 0.0918. The molecular weight excluding hydrogens is 320 g/mol. The van der Waals surface area contributed by atoms with Crippen LogP contribution in [0.3, 0.4) is 0 Å². The van der Waals surface area contributed by atoms with Crippen molar-refractivity contribution in [2.45, 2.75) is 13.0 Å². The number of nitrogens with one attached hydrogen (secondary N) is 2. The van der Waals surface area contributed by atoms with Crippen molar-refractivity contribution in [2.24, 2.45) is 0 Å². The van der Waals surface area contributed by atoms with E-state index in [1.807, 2.05) is 55.5 Å². The predicted octanol–water partition coefficient (Wildman–Crippen LogP) is 2.51. The number of benzene rings is 2. The summed E-state index contributed by atoms with van der Waals surface area (Å²) in [4.78, 5) is 11.8. The van der Waals surface area contributed by atoms with Gasteiger partial charge in [-0.05, 0) is 36.8 Å². The van der Waals surface area contributed by atoms with Crippen LogP contribution in [-0.2, 0) is 0 Å². The fourth-order valence-corrected chi connectivity index (χ4v) is 2.47. The van der Waals surface area contributed by atoms with Gasteiger partial charge in [-0.2, -0.15) is 0 Å². The molecule has 2 N–H and O–H groups in total. The van der Waals surface area contributed by atoms with Gasteiger partial charge in [0.2, 0.25) is 0 Å². The Bertz CT molecular complexity index is 720. The normalized spacial score (nSPS) is 15.3. The first-order valence-corrected chi connectivity index (χ1v) is 8.30. The molecule has 1 unspecified atom stereocenters. The van der Waals surface area contributed by atoms with Crippen LogP contribution < -0.4 is 24.8 Å². The summed E-state index contributed by atoms with van der Waals surface area (Å²) in [6, 6.07) is 15.0. The number of hydrogen-bond acceptors (Lipinski definition) is 4. The highest BCUT2D eigenvalue weighted by atomic mass is 16.6. The molecule has 0 saturated carbocycles. The molecule has 2 amide bonds. The molecule has 1 aliphatic heterocycles. The smallest absolute Gasteiger partial charge is 0.315 e. The summed E-state index contributed by atoms with van der Waals surface area (Å²) < 4.78 is 17.0. The summed E-state index contributed by atoms with van der Waals surface area (Å²) in [5.41, 5.74) is 1.14. The summed E-state index contributed by atoms with van der Waals surface area (Å²) in [6.45, 7) is 3.62. The lowest BCUT2D eigenvalue weighted by Crippen LogP contribution is -2.45. The molecule has 6 nitrogen and oxygen atoms in total. The number of carbonyl (C=O) groups is 1. The van der Waals surface area contributed by atoms with E-state index in [9.17, 15) is 4.79 Å². The maximum Gasteiger partial charge on any atom is 0.315 e. The van der Waals surface area contributed by atoms with E-state index < -0.39 is 0 Å². The SMILES string of the molecule is Cc1cccc(OCCNC(=O)NCC2COc3ccccc3O2)c1. The number of hydrogen-bond donors (Lipinski definition) is 2. The number of ether oxygens (including phenoxy) is 3. The summed E-state index contributed by atoms with van der Waals surface area (Å²) in [6.07, 6.45) is -0.204. The van der Waals surface area contributed by atoms with E-state index in [1.165, 1.54) is 0 Å². The Morgan fingerprint density at radius 1 is 1.16 bits per heavy atom.